The van der Waals surface area contributed by atoms with Crippen molar-refractivity contribution in [2.75, 3.05) is 20.1 Å². The second-order valence-corrected chi connectivity index (χ2v) is 18.2. The van der Waals surface area contributed by atoms with E-state index in [-0.39, 0.29) is 50.8 Å². The van der Waals surface area contributed by atoms with Gasteiger partial charge in [-0.2, -0.15) is 6.54 Å². The summed E-state index contributed by atoms with van der Waals surface area (Å²) in [7, 11) is 1.98. The van der Waals surface area contributed by atoms with Gasteiger partial charge in [0.1, 0.15) is 11.5 Å². The third-order valence-corrected chi connectivity index (χ3v) is 9.48. The first-order valence-corrected chi connectivity index (χ1v) is 18.7. The quantitative estimate of drug-likeness (QED) is 0.129. The van der Waals surface area contributed by atoms with E-state index in [4.69, 9.17) is 15.7 Å². The Morgan fingerprint density at radius 2 is 1.02 bits per heavy atom. The molecule has 2 atom stereocenters. The van der Waals surface area contributed by atoms with Gasteiger partial charge in [0.25, 0.3) is 0 Å². The van der Waals surface area contributed by atoms with Gasteiger partial charge >= 0.3 is 0 Å². The van der Waals surface area contributed by atoms with Gasteiger partial charge in [0.15, 0.2) is 0 Å². The molecule has 6 nitrogen and oxygen atoms in total. The van der Waals surface area contributed by atoms with E-state index < -0.39 is 0 Å². The van der Waals surface area contributed by atoms with Gasteiger partial charge in [0.05, 0.1) is 12.1 Å². The normalized spacial score (nSPS) is 17.5. The van der Waals surface area contributed by atoms with Crippen LogP contribution >= 0.6 is 0 Å². The zero-order valence-electron chi connectivity index (χ0n) is 33.9. The van der Waals surface area contributed by atoms with Crippen molar-refractivity contribution in [3.8, 4) is 11.5 Å². The van der Waals surface area contributed by atoms with Gasteiger partial charge in [0, 0.05) is 51.8 Å². The zero-order chi connectivity index (χ0) is 37.2. The molecule has 1 fully saturated rings. The Bertz CT molecular complexity index is 1280. The van der Waals surface area contributed by atoms with Gasteiger partial charge in [-0.1, -0.05) is 127 Å². The molecule has 3 rings (SSSR count). The van der Waals surface area contributed by atoms with Crippen LogP contribution in [0.2, 0.25) is 0 Å². The van der Waals surface area contributed by atoms with Crippen LogP contribution in [0.15, 0.2) is 34.3 Å². The summed E-state index contributed by atoms with van der Waals surface area (Å²) in [6.07, 6.45) is 12.7. The summed E-state index contributed by atoms with van der Waals surface area (Å²) in [5.41, 5.74) is 12.3. The van der Waals surface area contributed by atoms with Crippen molar-refractivity contribution < 1.29 is 27.3 Å². The second kappa shape index (κ2) is 19.6. The predicted octanol–water partition coefficient (Wildman–Crippen LogP) is 11.0. The van der Waals surface area contributed by atoms with E-state index in [1.54, 1.807) is 0 Å². The fourth-order valence-electron chi connectivity index (χ4n) is 6.09. The predicted molar refractivity (Wildman–Crippen MR) is 214 cm³/mol. The van der Waals surface area contributed by atoms with Crippen molar-refractivity contribution in [3.05, 3.63) is 63.4 Å². The number of hydrogen-bond acceptors (Lipinski definition) is 5. The van der Waals surface area contributed by atoms with Gasteiger partial charge in [-0.15, -0.1) is 0 Å². The maximum atomic E-state index is 11.2. The number of phenols is 2. The van der Waals surface area contributed by atoms with Gasteiger partial charge in [0.2, 0.25) is 0 Å². The number of aliphatic imine (C=N–C) groups is 2. The number of benzene rings is 2. The number of nitrogens with one attached hydrogen (secondary N) is 2. The van der Waals surface area contributed by atoms with Crippen LogP contribution in [-0.2, 0) is 38.7 Å². The summed E-state index contributed by atoms with van der Waals surface area (Å²) in [5.74, 6) is 0.637. The summed E-state index contributed by atoms with van der Waals surface area (Å²) in [5, 5.41) is 25.6. The van der Waals surface area contributed by atoms with Gasteiger partial charge in [-0.05, 0) is 77.8 Å². The van der Waals surface area contributed by atoms with E-state index in [0.29, 0.717) is 18.0 Å². The molecule has 7 heteroatoms. The first-order chi connectivity index (χ1) is 22.6. The molecule has 50 heavy (non-hydrogen) atoms. The van der Waals surface area contributed by atoms with Crippen LogP contribution in [0.25, 0.3) is 5.73 Å². The first kappa shape index (κ1) is 45.8. The van der Waals surface area contributed by atoms with Crippen LogP contribution in [0.1, 0.15) is 168 Å². The molecule has 2 aromatic carbocycles. The smallest absolute Gasteiger partial charge is 0.128 e. The molecule has 0 aliphatic heterocycles. The van der Waals surface area contributed by atoms with E-state index in [9.17, 15) is 10.2 Å². The Morgan fingerprint density at radius 1 is 0.640 bits per heavy atom. The van der Waals surface area contributed by atoms with Crippen LogP contribution in [0.3, 0.4) is 0 Å². The van der Waals surface area contributed by atoms with Crippen LogP contribution < -0.4 is 5.32 Å². The molecule has 283 valence electrons. The fourth-order valence-corrected chi connectivity index (χ4v) is 6.09. The van der Waals surface area contributed by atoms with E-state index in [2.05, 4.69) is 113 Å². The van der Waals surface area contributed by atoms with E-state index in [0.717, 1.165) is 60.9 Å². The van der Waals surface area contributed by atoms with Crippen molar-refractivity contribution in [1.82, 2.24) is 5.32 Å². The molecule has 0 saturated heterocycles. The summed E-state index contributed by atoms with van der Waals surface area (Å²) >= 11 is 0. The van der Waals surface area contributed by atoms with Gasteiger partial charge in [-0.3, -0.25) is 9.98 Å². The van der Waals surface area contributed by atoms with E-state index in [1.807, 2.05) is 19.5 Å². The molecule has 0 bridgehead atoms. The first-order valence-electron chi connectivity index (χ1n) is 18.7. The Labute approximate surface area is 317 Å². The molecule has 0 heterocycles. The maximum absolute atomic E-state index is 11.2. The summed E-state index contributed by atoms with van der Waals surface area (Å²) in [6, 6.07) is 8.53. The average molecular weight is 731 g/mol. The molecule has 1 aliphatic carbocycles. The van der Waals surface area contributed by atoms with Crippen molar-refractivity contribution in [3.63, 3.8) is 0 Å². The summed E-state index contributed by atoms with van der Waals surface area (Å²) in [6.45, 7) is 27.7. The minimum absolute atomic E-state index is 0. The van der Waals surface area contributed by atoms with Crippen molar-refractivity contribution >= 4 is 12.4 Å². The maximum Gasteiger partial charge on any atom is 0.128 e. The minimum atomic E-state index is -0.179. The van der Waals surface area contributed by atoms with Crippen LogP contribution in [-0.4, -0.2) is 54.9 Å². The Morgan fingerprint density at radius 3 is 1.34 bits per heavy atom. The Kier molecular flexibility index (Phi) is 18.0. The Hall–Kier alpha value is -2.18. The topological polar surface area (TPSA) is 101 Å². The molecular formula is C43H71MnN4O2-. The second-order valence-electron chi connectivity index (χ2n) is 18.2. The molecule has 0 spiro atoms. The average Bonchev–Trinajstić information content (AvgIpc) is 2.98. The molecule has 1 radical (unpaired) electrons. The molecule has 0 aromatic heterocycles. The third kappa shape index (κ3) is 14.1. The molecule has 2 aromatic rings. The third-order valence-electron chi connectivity index (χ3n) is 9.48. The number of rotatable bonds is 10. The van der Waals surface area contributed by atoms with E-state index >= 15 is 0 Å². The summed E-state index contributed by atoms with van der Waals surface area (Å²) in [4.78, 5) is 10.1. The molecular weight excluding hydrogens is 659 g/mol. The van der Waals surface area contributed by atoms with E-state index in [1.165, 1.54) is 30.4 Å². The molecule has 0 amide bonds. The van der Waals surface area contributed by atoms with Crippen LogP contribution in [0, 0.1) is 0 Å². The molecule has 4 N–H and O–H groups in total. The fraction of sp³-hybridized carbons (Fsp3) is 0.674. The molecule has 0 unspecified atom stereocenters. The zero-order valence-corrected chi connectivity index (χ0v) is 35.0. The molecule has 1 saturated carbocycles. The number of hydrogen-bond donors (Lipinski definition) is 3. The number of unbranched alkanes of at least 4 members (excludes halogenated alkanes) is 3. The van der Waals surface area contributed by atoms with Crippen molar-refractivity contribution in [2.45, 2.75) is 168 Å². The van der Waals surface area contributed by atoms with Crippen molar-refractivity contribution in [2.24, 2.45) is 9.98 Å². The van der Waals surface area contributed by atoms with Gasteiger partial charge in [-0.25, -0.2) is 0 Å². The SMILES string of the molecule is CC(C)(C)c1cc(C=N[C@H]2CCCC[C@@H]2N=Cc2cc(C(C)(C)C)cc(C(C)(C)C)c2O)c(O)c(C(C)(C)C)c1.CNCCCCCC[NH-].[Mn]. The largest absolute Gasteiger partial charge is 0.677 e. The number of nitrogens with zero attached hydrogens (tertiary/aromatic N) is 2. The summed E-state index contributed by atoms with van der Waals surface area (Å²) < 4.78 is 0. The van der Waals surface area contributed by atoms with Crippen molar-refractivity contribution in [1.29, 1.82) is 0 Å². The number of aromatic hydroxyl groups is 2. The van der Waals surface area contributed by atoms with Gasteiger partial charge < -0.3 is 21.3 Å². The molecule has 1 aliphatic rings. The Balaban J connectivity index is 0.00000110. The monoisotopic (exact) mass is 730 g/mol. The standard InChI is InChI=1S/C36H54N2O2.C7H17N2.Mn/c1-33(2,3)25-17-23(31(39)27(19-25)35(7,8)9)21-37-29-15-13-14-16-30(29)38-22-24-18-26(34(4,5)6)20-28(32(24)40)36(10,11)12;1-9-7-5-3-2-4-6-8;/h17-22,29-30,39-40H,13-16H2,1-12H3;8-9H,2-7H2,1H3;/q;-1;/t29-,30-;;/m0../s1. The minimum Gasteiger partial charge on any atom is -0.677 e. The van der Waals surface area contributed by atoms with Crippen LogP contribution in [0.4, 0.5) is 0 Å². The van der Waals surface area contributed by atoms with Crippen LogP contribution in [0.5, 0.6) is 11.5 Å². The number of phenolic OH excluding ortho intramolecular Hbond substituents is 2.